The van der Waals surface area contributed by atoms with E-state index in [4.69, 9.17) is 0 Å². The quantitative estimate of drug-likeness (QED) is 0.320. The molecule has 7 heteroatoms. The fraction of sp³-hybridized carbons (Fsp3) is 0.391. The number of benzene rings is 2. The fourth-order valence-electron chi connectivity index (χ4n) is 2.77. The van der Waals surface area contributed by atoms with Crippen LogP contribution in [0.25, 0.3) is 0 Å². The van der Waals surface area contributed by atoms with E-state index >= 15 is 0 Å². The lowest BCUT2D eigenvalue weighted by Gasteiger charge is -2.11. The Morgan fingerprint density at radius 2 is 1.43 bits per heavy atom. The molecule has 0 atom stereocenters. The SMILES string of the molecule is COC(=O)CCCCCCNC(=O)c1ccc(N=Nc2ccc(N(C)C)cc2)cc1. The Kier molecular flexibility index (Phi) is 9.51. The highest BCUT2D eigenvalue weighted by atomic mass is 16.5. The van der Waals surface area contributed by atoms with Gasteiger partial charge in [0.05, 0.1) is 18.5 Å². The number of azo groups is 1. The van der Waals surface area contributed by atoms with Crippen molar-refractivity contribution in [1.82, 2.24) is 5.32 Å². The number of carbonyl (C=O) groups excluding carboxylic acids is 2. The molecular formula is C23H30N4O3. The fourth-order valence-corrected chi connectivity index (χ4v) is 2.77. The smallest absolute Gasteiger partial charge is 0.305 e. The third-order valence-electron chi connectivity index (χ3n) is 4.60. The second-order valence-electron chi connectivity index (χ2n) is 7.15. The van der Waals surface area contributed by atoms with Crippen molar-refractivity contribution in [3.63, 3.8) is 0 Å². The number of nitrogens with zero attached hydrogens (tertiary/aromatic N) is 3. The zero-order valence-electron chi connectivity index (χ0n) is 17.9. The zero-order valence-corrected chi connectivity index (χ0v) is 17.9. The zero-order chi connectivity index (χ0) is 21.8. The minimum absolute atomic E-state index is 0.104. The Balaban J connectivity index is 1.72. The number of unbranched alkanes of at least 4 members (excludes halogenated alkanes) is 3. The molecule has 1 amide bonds. The molecule has 0 radical (unpaired) electrons. The number of esters is 1. The first kappa shape index (κ1) is 23.1. The number of carbonyl (C=O) groups is 2. The van der Waals surface area contributed by atoms with Gasteiger partial charge in [-0.3, -0.25) is 9.59 Å². The van der Waals surface area contributed by atoms with Gasteiger partial charge in [0.15, 0.2) is 0 Å². The third-order valence-corrected chi connectivity index (χ3v) is 4.60. The van der Waals surface area contributed by atoms with Gasteiger partial charge in [0, 0.05) is 38.3 Å². The van der Waals surface area contributed by atoms with Gasteiger partial charge in [0.25, 0.3) is 5.91 Å². The molecule has 30 heavy (non-hydrogen) atoms. The molecule has 0 unspecified atom stereocenters. The number of nitrogens with one attached hydrogen (secondary N) is 1. The minimum Gasteiger partial charge on any atom is -0.469 e. The molecule has 0 aliphatic rings. The van der Waals surface area contributed by atoms with Crippen LogP contribution in [0.2, 0.25) is 0 Å². The number of ether oxygens (including phenoxy) is 1. The van der Waals surface area contributed by atoms with Crippen molar-refractivity contribution in [3.8, 4) is 0 Å². The monoisotopic (exact) mass is 410 g/mol. The summed E-state index contributed by atoms with van der Waals surface area (Å²) >= 11 is 0. The predicted octanol–water partition coefficient (Wildman–Crippen LogP) is 5.02. The van der Waals surface area contributed by atoms with E-state index in [9.17, 15) is 9.59 Å². The molecule has 0 aliphatic carbocycles. The molecular weight excluding hydrogens is 380 g/mol. The molecule has 0 spiro atoms. The lowest BCUT2D eigenvalue weighted by atomic mass is 10.1. The maximum Gasteiger partial charge on any atom is 0.305 e. The van der Waals surface area contributed by atoms with Gasteiger partial charge in [0.1, 0.15) is 0 Å². The van der Waals surface area contributed by atoms with Gasteiger partial charge >= 0.3 is 5.97 Å². The summed E-state index contributed by atoms with van der Waals surface area (Å²) in [5.41, 5.74) is 3.16. The first-order valence-electron chi connectivity index (χ1n) is 10.1. The summed E-state index contributed by atoms with van der Waals surface area (Å²) in [6.45, 7) is 0.613. The summed E-state index contributed by atoms with van der Waals surface area (Å²) < 4.78 is 4.61. The molecule has 0 aliphatic heterocycles. The maximum absolute atomic E-state index is 12.2. The summed E-state index contributed by atoms with van der Waals surface area (Å²) in [4.78, 5) is 25.3. The highest BCUT2D eigenvalue weighted by Crippen LogP contribution is 2.21. The Hall–Kier alpha value is -3.22. The highest BCUT2D eigenvalue weighted by Gasteiger charge is 2.05. The molecule has 7 nitrogen and oxygen atoms in total. The van der Waals surface area contributed by atoms with E-state index in [2.05, 4.69) is 20.3 Å². The van der Waals surface area contributed by atoms with Crippen molar-refractivity contribution in [2.45, 2.75) is 32.1 Å². The van der Waals surface area contributed by atoms with Gasteiger partial charge in [-0.15, -0.1) is 0 Å². The van der Waals surface area contributed by atoms with E-state index in [1.54, 1.807) is 24.3 Å². The van der Waals surface area contributed by atoms with Gasteiger partial charge in [-0.1, -0.05) is 12.8 Å². The van der Waals surface area contributed by atoms with Crippen LogP contribution in [0.3, 0.4) is 0 Å². The number of anilines is 1. The molecule has 2 rings (SSSR count). The average Bonchev–Trinajstić information content (AvgIpc) is 2.77. The molecule has 0 bridgehead atoms. The Morgan fingerprint density at radius 1 is 0.867 bits per heavy atom. The van der Waals surface area contributed by atoms with Gasteiger partial charge in [-0.2, -0.15) is 10.2 Å². The predicted molar refractivity (Wildman–Crippen MR) is 119 cm³/mol. The standard InChI is InChI=1S/C23H30N4O3/c1-27(2)21-15-13-20(14-16-21)26-25-19-11-9-18(10-12-19)23(29)24-17-7-5-4-6-8-22(28)30-3/h9-16H,4-8,17H2,1-3H3,(H,24,29). The van der Waals surface area contributed by atoms with Crippen molar-refractivity contribution in [3.05, 3.63) is 54.1 Å². The number of hydrogen-bond acceptors (Lipinski definition) is 6. The summed E-state index contributed by atoms with van der Waals surface area (Å²) in [6.07, 6.45) is 4.06. The van der Waals surface area contributed by atoms with Gasteiger partial charge in [0.2, 0.25) is 0 Å². The van der Waals surface area contributed by atoms with Crippen LogP contribution in [0.5, 0.6) is 0 Å². The van der Waals surface area contributed by atoms with Crippen LogP contribution < -0.4 is 10.2 Å². The van der Waals surface area contributed by atoms with Gasteiger partial charge in [-0.05, 0) is 61.4 Å². The maximum atomic E-state index is 12.2. The van der Waals surface area contributed by atoms with E-state index in [-0.39, 0.29) is 11.9 Å². The highest BCUT2D eigenvalue weighted by molar-refractivity contribution is 5.94. The van der Waals surface area contributed by atoms with Crippen molar-refractivity contribution in [2.75, 3.05) is 32.6 Å². The van der Waals surface area contributed by atoms with Crippen LogP contribution in [0.1, 0.15) is 42.5 Å². The molecule has 0 aromatic heterocycles. The summed E-state index contributed by atoms with van der Waals surface area (Å²) in [5.74, 6) is -0.277. The van der Waals surface area contributed by atoms with E-state index in [0.29, 0.717) is 24.2 Å². The van der Waals surface area contributed by atoms with Crippen LogP contribution in [-0.2, 0) is 9.53 Å². The number of hydrogen-bond donors (Lipinski definition) is 1. The molecule has 160 valence electrons. The average molecular weight is 411 g/mol. The molecule has 1 N–H and O–H groups in total. The van der Waals surface area contributed by atoms with Crippen molar-refractivity contribution >= 4 is 28.9 Å². The minimum atomic E-state index is -0.173. The van der Waals surface area contributed by atoms with Crippen LogP contribution in [0, 0.1) is 0 Å². The second kappa shape index (κ2) is 12.4. The van der Waals surface area contributed by atoms with Gasteiger partial charge < -0.3 is 15.0 Å². The summed E-state index contributed by atoms with van der Waals surface area (Å²) in [5, 5.41) is 11.4. The Morgan fingerprint density at radius 3 is 2.00 bits per heavy atom. The molecule has 0 saturated heterocycles. The lowest BCUT2D eigenvalue weighted by Crippen LogP contribution is -2.24. The molecule has 0 fully saturated rings. The van der Waals surface area contributed by atoms with E-state index < -0.39 is 0 Å². The Labute approximate surface area is 178 Å². The van der Waals surface area contributed by atoms with Gasteiger partial charge in [-0.25, -0.2) is 0 Å². The first-order valence-corrected chi connectivity index (χ1v) is 10.1. The first-order chi connectivity index (χ1) is 14.5. The van der Waals surface area contributed by atoms with E-state index in [0.717, 1.165) is 37.1 Å². The topological polar surface area (TPSA) is 83.4 Å². The lowest BCUT2D eigenvalue weighted by molar-refractivity contribution is -0.140. The second-order valence-corrected chi connectivity index (χ2v) is 7.15. The van der Waals surface area contributed by atoms with E-state index in [1.807, 2.05) is 43.3 Å². The van der Waals surface area contributed by atoms with Crippen molar-refractivity contribution in [2.24, 2.45) is 10.2 Å². The number of methoxy groups -OCH3 is 1. The Bertz CT molecular complexity index is 831. The summed E-state index contributed by atoms with van der Waals surface area (Å²) in [6, 6.07) is 14.8. The van der Waals surface area contributed by atoms with Crippen LogP contribution in [0.4, 0.5) is 17.1 Å². The molecule has 0 saturated carbocycles. The number of rotatable bonds is 11. The van der Waals surface area contributed by atoms with Crippen molar-refractivity contribution in [1.29, 1.82) is 0 Å². The molecule has 0 heterocycles. The third kappa shape index (κ3) is 8.03. The van der Waals surface area contributed by atoms with Crippen LogP contribution in [-0.4, -0.2) is 39.6 Å². The largest absolute Gasteiger partial charge is 0.469 e. The number of amides is 1. The van der Waals surface area contributed by atoms with E-state index in [1.165, 1.54) is 7.11 Å². The van der Waals surface area contributed by atoms with Crippen molar-refractivity contribution < 1.29 is 14.3 Å². The normalized spacial score (nSPS) is 10.8. The van der Waals surface area contributed by atoms with Crippen LogP contribution >= 0.6 is 0 Å². The molecule has 2 aromatic rings. The summed E-state index contributed by atoms with van der Waals surface area (Å²) in [7, 11) is 5.38. The van der Waals surface area contributed by atoms with Crippen LogP contribution in [0.15, 0.2) is 58.8 Å². The molecule has 2 aromatic carbocycles.